The lowest BCUT2D eigenvalue weighted by molar-refractivity contribution is 1.24. The van der Waals surface area contributed by atoms with Crippen LogP contribution < -0.4 is 5.73 Å². The van der Waals surface area contributed by atoms with Crippen molar-refractivity contribution in [2.45, 2.75) is 0 Å². The summed E-state index contributed by atoms with van der Waals surface area (Å²) in [6.07, 6.45) is 1.97. The van der Waals surface area contributed by atoms with Crippen LogP contribution in [0.4, 0.5) is 0 Å². The molecule has 9 heavy (non-hydrogen) atoms. The van der Waals surface area contributed by atoms with E-state index in [4.69, 9.17) is 5.73 Å². The normalized spacial score (nSPS) is 14.9. The van der Waals surface area contributed by atoms with Crippen LogP contribution in [0.1, 0.15) is 0 Å². The number of amidine groups is 1. The first kappa shape index (κ1) is 11.9. The molecule has 54 valence electrons. The highest BCUT2D eigenvalue weighted by atomic mass is 35.5. The number of rotatable bonds is 0. The van der Waals surface area contributed by atoms with Crippen molar-refractivity contribution in [1.82, 2.24) is 0 Å². The summed E-state index contributed by atoms with van der Waals surface area (Å²) >= 11 is 1.47. The number of aliphatic imine (C=N–C) groups is 1. The van der Waals surface area contributed by atoms with E-state index in [0.717, 1.165) is 6.54 Å². The Morgan fingerprint density at radius 2 is 2.22 bits per heavy atom. The quantitative estimate of drug-likeness (QED) is 0.622. The predicted octanol–water partition coefficient (Wildman–Crippen LogP) is 1.41. The van der Waals surface area contributed by atoms with Crippen LogP contribution in [0.15, 0.2) is 16.5 Å². The van der Waals surface area contributed by atoms with Crippen molar-refractivity contribution in [1.29, 1.82) is 0 Å². The molecule has 0 bridgehead atoms. The van der Waals surface area contributed by atoms with Crippen LogP contribution in [0, 0.1) is 0 Å². The number of nitrogens with two attached hydrogens (primary N) is 1. The molecule has 0 radical (unpaired) electrons. The van der Waals surface area contributed by atoms with E-state index >= 15 is 0 Å². The van der Waals surface area contributed by atoms with Crippen molar-refractivity contribution in [3.63, 3.8) is 0 Å². The molecule has 0 aliphatic carbocycles. The molecule has 0 unspecified atom stereocenters. The second-order valence-electron chi connectivity index (χ2n) is 1.17. The van der Waals surface area contributed by atoms with Gasteiger partial charge in [0.05, 0.1) is 6.54 Å². The van der Waals surface area contributed by atoms with E-state index in [-0.39, 0.29) is 24.8 Å². The van der Waals surface area contributed by atoms with Crippen molar-refractivity contribution in [2.24, 2.45) is 10.7 Å². The van der Waals surface area contributed by atoms with Crippen molar-refractivity contribution in [3.8, 4) is 0 Å². The highest BCUT2D eigenvalue weighted by Crippen LogP contribution is 2.05. The average Bonchev–Trinajstić information content (AvgIpc) is 1.69. The molecular formula is C4H8Cl2N2S. The maximum absolute atomic E-state index is 5.30. The number of halogens is 2. The average molecular weight is 187 g/mol. The number of nitrogens with zero attached hydrogens (tertiary/aromatic N) is 1. The third-order valence-corrected chi connectivity index (χ3v) is 1.34. The first-order valence-electron chi connectivity index (χ1n) is 2.01. The summed E-state index contributed by atoms with van der Waals surface area (Å²) in [5, 5.41) is 2.62. The molecule has 0 aromatic carbocycles. The van der Waals surface area contributed by atoms with Gasteiger partial charge in [-0.2, -0.15) is 0 Å². The molecule has 1 aliphatic heterocycles. The Balaban J connectivity index is 0. The van der Waals surface area contributed by atoms with Crippen LogP contribution in [-0.2, 0) is 0 Å². The second-order valence-corrected chi connectivity index (χ2v) is 2.09. The zero-order chi connectivity index (χ0) is 5.11. The lowest BCUT2D eigenvalue weighted by atomic mass is 10.6. The van der Waals surface area contributed by atoms with Crippen LogP contribution in [0.5, 0.6) is 0 Å². The Morgan fingerprint density at radius 3 is 2.44 bits per heavy atom. The van der Waals surface area contributed by atoms with Crippen molar-refractivity contribution >= 4 is 41.7 Å². The molecule has 5 heteroatoms. The summed E-state index contributed by atoms with van der Waals surface area (Å²) in [6.45, 7) is 0.749. The summed E-state index contributed by atoms with van der Waals surface area (Å²) in [5.74, 6) is 0. The van der Waals surface area contributed by atoms with E-state index in [9.17, 15) is 0 Å². The summed E-state index contributed by atoms with van der Waals surface area (Å²) in [7, 11) is 0. The Labute approximate surface area is 70.8 Å². The maximum Gasteiger partial charge on any atom is 0.158 e. The van der Waals surface area contributed by atoms with E-state index in [1.54, 1.807) is 0 Å². The minimum Gasteiger partial charge on any atom is -0.378 e. The topological polar surface area (TPSA) is 38.4 Å². The van der Waals surface area contributed by atoms with Crippen molar-refractivity contribution in [3.05, 3.63) is 11.5 Å². The fourth-order valence-corrected chi connectivity index (χ4v) is 0.812. The zero-order valence-corrected chi connectivity index (χ0v) is 7.06. The van der Waals surface area contributed by atoms with E-state index in [1.165, 1.54) is 11.8 Å². The Morgan fingerprint density at radius 1 is 1.56 bits per heavy atom. The first-order chi connectivity index (χ1) is 3.39. The molecule has 0 saturated carbocycles. The predicted molar refractivity (Wildman–Crippen MR) is 47.7 cm³/mol. The van der Waals surface area contributed by atoms with E-state index in [0.29, 0.717) is 5.17 Å². The van der Waals surface area contributed by atoms with Gasteiger partial charge in [-0.05, 0) is 5.41 Å². The van der Waals surface area contributed by atoms with Crippen LogP contribution in [0.25, 0.3) is 0 Å². The second kappa shape index (κ2) is 6.26. The summed E-state index contributed by atoms with van der Waals surface area (Å²) in [6, 6.07) is 0. The summed E-state index contributed by atoms with van der Waals surface area (Å²) in [5.41, 5.74) is 5.30. The van der Waals surface area contributed by atoms with Gasteiger partial charge in [0.25, 0.3) is 0 Å². The smallest absolute Gasteiger partial charge is 0.158 e. The highest BCUT2D eigenvalue weighted by molar-refractivity contribution is 8.16. The molecule has 2 N–H and O–H groups in total. The lowest BCUT2D eigenvalue weighted by Crippen LogP contribution is -2.07. The largest absolute Gasteiger partial charge is 0.378 e. The molecule has 0 aromatic heterocycles. The molecule has 1 heterocycles. The van der Waals surface area contributed by atoms with Gasteiger partial charge < -0.3 is 5.73 Å². The molecule has 0 atom stereocenters. The molecule has 1 rings (SSSR count). The van der Waals surface area contributed by atoms with Crippen LogP contribution in [-0.4, -0.2) is 11.7 Å². The van der Waals surface area contributed by atoms with E-state index in [1.807, 2.05) is 11.5 Å². The SMILES string of the molecule is Cl.Cl.NC1=NCC=CS1. The molecule has 0 spiro atoms. The minimum absolute atomic E-state index is 0. The molecule has 0 amide bonds. The minimum atomic E-state index is 0. The van der Waals surface area contributed by atoms with Gasteiger partial charge in [-0.25, -0.2) is 0 Å². The van der Waals surface area contributed by atoms with Gasteiger partial charge in [0.2, 0.25) is 0 Å². The lowest BCUT2D eigenvalue weighted by Gasteiger charge is -1.96. The molecule has 0 aromatic rings. The van der Waals surface area contributed by atoms with Gasteiger partial charge in [-0.3, -0.25) is 4.99 Å². The van der Waals surface area contributed by atoms with Crippen molar-refractivity contribution in [2.75, 3.05) is 6.54 Å². The third kappa shape index (κ3) is 4.63. The van der Waals surface area contributed by atoms with Gasteiger partial charge in [0, 0.05) is 0 Å². The standard InChI is InChI=1S/C4H6N2S.2ClH/c5-4-6-2-1-3-7-4;;/h1,3H,2H2,(H2,5,6);2*1H. The van der Waals surface area contributed by atoms with Gasteiger partial charge in [0.1, 0.15) is 0 Å². The Hall–Kier alpha value is 0.140. The monoisotopic (exact) mass is 186 g/mol. The van der Waals surface area contributed by atoms with Crippen LogP contribution in [0.3, 0.4) is 0 Å². The van der Waals surface area contributed by atoms with Gasteiger partial charge in [-0.1, -0.05) is 17.8 Å². The number of hydrogen-bond donors (Lipinski definition) is 1. The van der Waals surface area contributed by atoms with Crippen LogP contribution >= 0.6 is 36.6 Å². The fourth-order valence-electron chi connectivity index (χ4n) is 0.341. The molecule has 2 nitrogen and oxygen atoms in total. The van der Waals surface area contributed by atoms with E-state index < -0.39 is 0 Å². The number of thioether (sulfide) groups is 1. The summed E-state index contributed by atoms with van der Waals surface area (Å²) in [4.78, 5) is 3.90. The number of hydrogen-bond acceptors (Lipinski definition) is 3. The van der Waals surface area contributed by atoms with Gasteiger partial charge >= 0.3 is 0 Å². The Kier molecular flexibility index (Phi) is 8.27. The Bertz CT molecular complexity index is 124. The summed E-state index contributed by atoms with van der Waals surface area (Å²) < 4.78 is 0. The third-order valence-electron chi connectivity index (χ3n) is 0.638. The highest BCUT2D eigenvalue weighted by Gasteiger charge is 1.90. The van der Waals surface area contributed by atoms with Gasteiger partial charge in [0.15, 0.2) is 5.17 Å². The first-order valence-corrected chi connectivity index (χ1v) is 2.89. The van der Waals surface area contributed by atoms with E-state index in [2.05, 4.69) is 4.99 Å². The maximum atomic E-state index is 5.30. The molecular weight excluding hydrogens is 179 g/mol. The van der Waals surface area contributed by atoms with Gasteiger partial charge in [-0.15, -0.1) is 24.8 Å². The van der Waals surface area contributed by atoms with Crippen molar-refractivity contribution < 1.29 is 0 Å². The van der Waals surface area contributed by atoms with Crippen LogP contribution in [0.2, 0.25) is 0 Å². The fraction of sp³-hybridized carbons (Fsp3) is 0.250. The molecule has 1 aliphatic rings. The zero-order valence-electron chi connectivity index (χ0n) is 4.61. The molecule has 0 fully saturated rings. The molecule has 0 saturated heterocycles.